The van der Waals surface area contributed by atoms with Gasteiger partial charge >= 0.3 is 5.97 Å². The van der Waals surface area contributed by atoms with Gasteiger partial charge in [-0.25, -0.2) is 9.78 Å². The Balaban J connectivity index is 1.94. The van der Waals surface area contributed by atoms with Crippen LogP contribution in [0, 0.1) is 0 Å². The van der Waals surface area contributed by atoms with E-state index in [-0.39, 0.29) is 26.5 Å². The third-order valence-electron chi connectivity index (χ3n) is 3.02. The molecule has 1 N–H and O–H groups in total. The van der Waals surface area contributed by atoms with Gasteiger partial charge in [-0.2, -0.15) is 0 Å². The third-order valence-corrected chi connectivity index (χ3v) is 4.26. The van der Waals surface area contributed by atoms with Gasteiger partial charge in [-0.05, 0) is 31.2 Å². The molecule has 0 aliphatic carbocycles. The molecule has 0 spiro atoms. The summed E-state index contributed by atoms with van der Waals surface area (Å²) in [4.78, 5) is 38.7. The minimum absolute atomic E-state index is 0.0275. The highest BCUT2D eigenvalue weighted by atomic mass is 35.5. The third kappa shape index (κ3) is 4.92. The lowest BCUT2D eigenvalue weighted by atomic mass is 10.1. The number of Topliss-reactive ketones (excluding diaryl/α,β-unsaturated/α-hetero) is 1. The number of nitrogens with zero attached hydrogens (tertiary/aromatic N) is 1. The van der Waals surface area contributed by atoms with Crippen molar-refractivity contribution in [2.24, 2.45) is 0 Å². The second-order valence-electron chi connectivity index (χ2n) is 4.84. The van der Waals surface area contributed by atoms with Crippen LogP contribution in [0.3, 0.4) is 0 Å². The van der Waals surface area contributed by atoms with Gasteiger partial charge in [0.25, 0.3) is 5.91 Å². The van der Waals surface area contributed by atoms with Gasteiger partial charge in [0.1, 0.15) is 0 Å². The van der Waals surface area contributed by atoms with Crippen LogP contribution in [0.1, 0.15) is 27.8 Å². The number of hydrogen-bond acceptors (Lipinski definition) is 5. The predicted molar refractivity (Wildman–Crippen MR) is 94.6 cm³/mol. The van der Waals surface area contributed by atoms with Gasteiger partial charge in [0.2, 0.25) is 0 Å². The summed E-state index contributed by atoms with van der Waals surface area (Å²) in [6, 6.07) is 6.27. The number of ketones is 1. The molecule has 0 atom stereocenters. The van der Waals surface area contributed by atoms with Crippen LogP contribution < -0.4 is 5.32 Å². The molecule has 1 amide bonds. The van der Waals surface area contributed by atoms with Crippen molar-refractivity contribution < 1.29 is 19.1 Å². The quantitative estimate of drug-likeness (QED) is 0.603. The molecule has 0 bridgehead atoms. The number of anilines is 1. The first-order chi connectivity index (χ1) is 11.8. The predicted octanol–water partition coefficient (Wildman–Crippen LogP) is 4.04. The number of carbonyl (C=O) groups is 3. The molecule has 130 valence electrons. The maximum absolute atomic E-state index is 11.9. The molecule has 25 heavy (non-hydrogen) atoms. The van der Waals surface area contributed by atoms with Crippen LogP contribution in [0.5, 0.6) is 0 Å². The molecule has 2 aromatic rings. The van der Waals surface area contributed by atoms with E-state index in [1.165, 1.54) is 6.92 Å². The van der Waals surface area contributed by atoms with E-state index in [0.717, 1.165) is 6.20 Å². The van der Waals surface area contributed by atoms with E-state index in [9.17, 15) is 14.4 Å². The van der Waals surface area contributed by atoms with Crippen LogP contribution in [0.4, 0.5) is 5.69 Å². The highest BCUT2D eigenvalue weighted by Crippen LogP contribution is 2.31. The van der Waals surface area contributed by atoms with E-state index in [2.05, 4.69) is 10.3 Å². The SMILES string of the molecule is CC(=O)c1ccc(NC(=O)COC(=O)c2ncc(Cl)c(Cl)c2Cl)cc1. The molecule has 0 saturated carbocycles. The number of amides is 1. The van der Waals surface area contributed by atoms with Crippen LogP contribution in [-0.2, 0) is 9.53 Å². The number of rotatable bonds is 5. The summed E-state index contributed by atoms with van der Waals surface area (Å²) in [7, 11) is 0. The minimum Gasteiger partial charge on any atom is -0.451 e. The summed E-state index contributed by atoms with van der Waals surface area (Å²) < 4.78 is 4.85. The Labute approximate surface area is 158 Å². The fourth-order valence-corrected chi connectivity index (χ4v) is 2.33. The molecule has 0 aliphatic rings. The molecule has 0 aliphatic heterocycles. The molecule has 1 heterocycles. The second kappa shape index (κ2) is 8.29. The largest absolute Gasteiger partial charge is 0.451 e. The van der Waals surface area contributed by atoms with E-state index in [1.807, 2.05) is 0 Å². The van der Waals surface area contributed by atoms with Crippen molar-refractivity contribution in [3.05, 3.63) is 56.8 Å². The Morgan fingerprint density at radius 2 is 1.72 bits per heavy atom. The Morgan fingerprint density at radius 1 is 1.08 bits per heavy atom. The Morgan fingerprint density at radius 3 is 2.32 bits per heavy atom. The van der Waals surface area contributed by atoms with Crippen molar-refractivity contribution >= 4 is 58.1 Å². The summed E-state index contributed by atoms with van der Waals surface area (Å²) in [5.74, 6) is -1.57. The van der Waals surface area contributed by atoms with E-state index in [4.69, 9.17) is 39.5 Å². The number of benzene rings is 1. The first-order valence-corrected chi connectivity index (χ1v) is 8.00. The van der Waals surface area contributed by atoms with Crippen molar-refractivity contribution in [2.45, 2.75) is 6.92 Å². The fourth-order valence-electron chi connectivity index (χ4n) is 1.77. The van der Waals surface area contributed by atoms with Crippen LogP contribution in [0.25, 0.3) is 0 Å². The van der Waals surface area contributed by atoms with Crippen LogP contribution >= 0.6 is 34.8 Å². The van der Waals surface area contributed by atoms with Crippen LogP contribution in [0.15, 0.2) is 30.5 Å². The second-order valence-corrected chi connectivity index (χ2v) is 6.00. The molecule has 2 rings (SSSR count). The topological polar surface area (TPSA) is 85.4 Å². The van der Waals surface area contributed by atoms with Crippen LogP contribution in [-0.4, -0.2) is 29.3 Å². The molecule has 0 saturated heterocycles. The molecular weight excluding hydrogens is 391 g/mol. The molecule has 0 unspecified atom stereocenters. The normalized spacial score (nSPS) is 10.2. The fraction of sp³-hybridized carbons (Fsp3) is 0.125. The van der Waals surface area contributed by atoms with E-state index < -0.39 is 18.5 Å². The van der Waals surface area contributed by atoms with Crippen molar-refractivity contribution in [2.75, 3.05) is 11.9 Å². The van der Waals surface area contributed by atoms with Crippen LogP contribution in [0.2, 0.25) is 15.1 Å². The van der Waals surface area contributed by atoms with Gasteiger partial charge in [-0.3, -0.25) is 9.59 Å². The van der Waals surface area contributed by atoms with Gasteiger partial charge in [-0.1, -0.05) is 34.8 Å². The van der Waals surface area contributed by atoms with E-state index in [0.29, 0.717) is 11.3 Å². The van der Waals surface area contributed by atoms with Gasteiger partial charge < -0.3 is 10.1 Å². The smallest absolute Gasteiger partial charge is 0.359 e. The van der Waals surface area contributed by atoms with Crippen molar-refractivity contribution in [1.29, 1.82) is 0 Å². The van der Waals surface area contributed by atoms with E-state index >= 15 is 0 Å². The van der Waals surface area contributed by atoms with Gasteiger partial charge in [0, 0.05) is 17.4 Å². The van der Waals surface area contributed by atoms with Gasteiger partial charge in [0.15, 0.2) is 18.1 Å². The first-order valence-electron chi connectivity index (χ1n) is 6.87. The zero-order chi connectivity index (χ0) is 18.6. The zero-order valence-electron chi connectivity index (χ0n) is 12.8. The maximum Gasteiger partial charge on any atom is 0.359 e. The summed E-state index contributed by atoms with van der Waals surface area (Å²) in [6.45, 7) is 0.890. The average molecular weight is 402 g/mol. The number of esters is 1. The molecule has 6 nitrogen and oxygen atoms in total. The Bertz CT molecular complexity index is 838. The van der Waals surface area contributed by atoms with Gasteiger partial charge in [-0.15, -0.1) is 0 Å². The Kier molecular flexibility index (Phi) is 6.36. The summed E-state index contributed by atoms with van der Waals surface area (Å²) >= 11 is 17.4. The van der Waals surface area contributed by atoms with Crippen molar-refractivity contribution in [1.82, 2.24) is 4.98 Å². The molecule has 1 aromatic carbocycles. The number of hydrogen-bond donors (Lipinski definition) is 1. The number of halogens is 3. The zero-order valence-corrected chi connectivity index (χ0v) is 15.1. The number of carbonyl (C=O) groups excluding carboxylic acids is 3. The average Bonchev–Trinajstić information content (AvgIpc) is 2.58. The Hall–Kier alpha value is -2.15. The molecule has 0 fully saturated rings. The molecule has 9 heteroatoms. The number of aromatic nitrogens is 1. The highest BCUT2D eigenvalue weighted by molar-refractivity contribution is 6.48. The molecular formula is C16H11Cl3N2O4. The van der Waals surface area contributed by atoms with Crippen molar-refractivity contribution in [3.63, 3.8) is 0 Å². The standard InChI is InChI=1S/C16H11Cl3N2O4/c1-8(22)9-2-4-10(5-3-9)21-12(23)7-25-16(24)15-14(19)13(18)11(17)6-20-15/h2-6H,7H2,1H3,(H,21,23). The van der Waals surface area contributed by atoms with E-state index in [1.54, 1.807) is 24.3 Å². The number of ether oxygens (including phenoxy) is 1. The summed E-state index contributed by atoms with van der Waals surface area (Å²) in [6.07, 6.45) is 1.16. The lowest BCUT2D eigenvalue weighted by Gasteiger charge is -2.08. The molecule has 0 radical (unpaired) electrons. The number of pyridine rings is 1. The minimum atomic E-state index is -0.911. The van der Waals surface area contributed by atoms with Gasteiger partial charge in [0.05, 0.1) is 15.1 Å². The summed E-state index contributed by atoms with van der Waals surface area (Å²) in [5.41, 5.74) is 0.733. The molecule has 1 aromatic heterocycles. The lowest BCUT2D eigenvalue weighted by molar-refractivity contribution is -0.119. The monoisotopic (exact) mass is 400 g/mol. The lowest BCUT2D eigenvalue weighted by Crippen LogP contribution is -2.21. The summed E-state index contributed by atoms with van der Waals surface area (Å²) in [5, 5.41) is 2.43. The number of nitrogens with one attached hydrogen (secondary N) is 1. The first kappa shape index (κ1) is 19.2. The van der Waals surface area contributed by atoms with Crippen molar-refractivity contribution in [3.8, 4) is 0 Å². The highest BCUT2D eigenvalue weighted by Gasteiger charge is 2.19. The maximum atomic E-state index is 11.9.